The van der Waals surface area contributed by atoms with Crippen molar-refractivity contribution in [2.24, 2.45) is 0 Å². The van der Waals surface area contributed by atoms with Crippen molar-refractivity contribution in [3.05, 3.63) is 56.0 Å². The number of carbonyl (C=O) groups is 2. The van der Waals surface area contributed by atoms with E-state index in [2.05, 4.69) is 0 Å². The van der Waals surface area contributed by atoms with Crippen LogP contribution in [0.3, 0.4) is 0 Å². The SMILES string of the molecule is Cc1ccc(C(=O)COC(=O)/C=C/c2ccc([N+](=O)[O-])o2)s1. The number of esters is 1. The van der Waals surface area contributed by atoms with Gasteiger partial charge in [-0.3, -0.25) is 14.9 Å². The maximum absolute atomic E-state index is 11.7. The second-order valence-corrected chi connectivity index (χ2v) is 5.50. The quantitative estimate of drug-likeness (QED) is 0.266. The lowest BCUT2D eigenvalue weighted by Crippen LogP contribution is -2.11. The summed E-state index contributed by atoms with van der Waals surface area (Å²) in [6.45, 7) is 1.51. The molecule has 0 saturated heterocycles. The molecular weight excluding hydrogens is 310 g/mol. The molecule has 2 rings (SSSR count). The average molecular weight is 321 g/mol. The lowest BCUT2D eigenvalue weighted by molar-refractivity contribution is -0.402. The van der Waals surface area contributed by atoms with E-state index in [4.69, 9.17) is 9.15 Å². The van der Waals surface area contributed by atoms with Gasteiger partial charge in [-0.25, -0.2) is 4.79 Å². The monoisotopic (exact) mass is 321 g/mol. The van der Waals surface area contributed by atoms with Crippen LogP contribution in [0.4, 0.5) is 5.88 Å². The van der Waals surface area contributed by atoms with Gasteiger partial charge in [0.25, 0.3) is 0 Å². The summed E-state index contributed by atoms with van der Waals surface area (Å²) in [5.74, 6) is -1.30. The first-order valence-electron chi connectivity index (χ1n) is 6.14. The molecule has 114 valence electrons. The Labute approximate surface area is 129 Å². The van der Waals surface area contributed by atoms with E-state index in [0.29, 0.717) is 4.88 Å². The maximum atomic E-state index is 11.7. The third kappa shape index (κ3) is 4.13. The van der Waals surface area contributed by atoms with Crippen molar-refractivity contribution in [3.8, 4) is 0 Å². The summed E-state index contributed by atoms with van der Waals surface area (Å²) in [6.07, 6.45) is 2.27. The zero-order valence-corrected chi connectivity index (χ0v) is 12.3. The van der Waals surface area contributed by atoms with Crippen molar-refractivity contribution in [1.29, 1.82) is 0 Å². The number of nitro groups is 1. The van der Waals surface area contributed by atoms with Crippen molar-refractivity contribution >= 4 is 35.0 Å². The summed E-state index contributed by atoms with van der Waals surface area (Å²) in [4.78, 5) is 34.5. The van der Waals surface area contributed by atoms with E-state index < -0.39 is 16.8 Å². The maximum Gasteiger partial charge on any atom is 0.433 e. The molecule has 0 saturated carbocycles. The van der Waals surface area contributed by atoms with Crippen LogP contribution in [0.5, 0.6) is 0 Å². The number of Topliss-reactive ketones (excluding diaryl/α,β-unsaturated/α-hetero) is 1. The highest BCUT2D eigenvalue weighted by Crippen LogP contribution is 2.17. The minimum atomic E-state index is -0.735. The fraction of sp³-hybridized carbons (Fsp3) is 0.143. The average Bonchev–Trinajstić information content (AvgIpc) is 3.11. The zero-order chi connectivity index (χ0) is 16.1. The van der Waals surface area contributed by atoms with Gasteiger partial charge in [0.05, 0.1) is 10.9 Å². The molecule has 2 aromatic rings. The summed E-state index contributed by atoms with van der Waals surface area (Å²) in [6, 6.07) is 6.01. The molecule has 0 aliphatic rings. The van der Waals surface area contributed by atoms with Crippen LogP contribution in [-0.2, 0) is 9.53 Å². The third-order valence-electron chi connectivity index (χ3n) is 2.54. The molecule has 0 atom stereocenters. The van der Waals surface area contributed by atoms with Gasteiger partial charge in [0.1, 0.15) is 10.7 Å². The molecule has 0 spiro atoms. The zero-order valence-electron chi connectivity index (χ0n) is 11.5. The van der Waals surface area contributed by atoms with Gasteiger partial charge in [0.15, 0.2) is 6.61 Å². The Bertz CT molecular complexity index is 742. The predicted octanol–water partition coefficient (Wildman–Crippen LogP) is 3.00. The Kier molecular flexibility index (Phi) is 4.84. The summed E-state index contributed by atoms with van der Waals surface area (Å²) in [5, 5.41) is 10.4. The van der Waals surface area contributed by atoms with Crippen molar-refractivity contribution in [2.75, 3.05) is 6.61 Å². The first-order valence-corrected chi connectivity index (χ1v) is 6.96. The number of ether oxygens (including phenoxy) is 1. The van der Waals surface area contributed by atoms with Crippen LogP contribution in [0.2, 0.25) is 0 Å². The van der Waals surface area contributed by atoms with Gasteiger partial charge >= 0.3 is 11.9 Å². The third-order valence-corrected chi connectivity index (χ3v) is 3.58. The van der Waals surface area contributed by atoms with Gasteiger partial charge in [-0.15, -0.1) is 11.3 Å². The van der Waals surface area contributed by atoms with Crippen LogP contribution < -0.4 is 0 Å². The van der Waals surface area contributed by atoms with E-state index in [-0.39, 0.29) is 18.2 Å². The highest BCUT2D eigenvalue weighted by molar-refractivity contribution is 7.14. The Morgan fingerprint density at radius 2 is 2.14 bits per heavy atom. The van der Waals surface area contributed by atoms with E-state index in [9.17, 15) is 19.7 Å². The lowest BCUT2D eigenvalue weighted by atomic mass is 10.3. The first-order chi connectivity index (χ1) is 10.5. The molecule has 0 amide bonds. The molecular formula is C14H11NO6S. The van der Waals surface area contributed by atoms with E-state index >= 15 is 0 Å². The van der Waals surface area contributed by atoms with Gasteiger partial charge in [-0.05, 0) is 31.2 Å². The van der Waals surface area contributed by atoms with Gasteiger partial charge in [0.2, 0.25) is 5.78 Å². The van der Waals surface area contributed by atoms with Crippen LogP contribution in [0.1, 0.15) is 20.3 Å². The number of furan rings is 1. The Balaban J connectivity index is 1.85. The number of hydrogen-bond donors (Lipinski definition) is 0. The molecule has 0 N–H and O–H groups in total. The minimum Gasteiger partial charge on any atom is -0.454 e. The number of ketones is 1. The first kappa shape index (κ1) is 15.6. The van der Waals surface area contributed by atoms with E-state index in [1.54, 1.807) is 6.07 Å². The molecule has 8 heteroatoms. The summed E-state index contributed by atoms with van der Waals surface area (Å²) < 4.78 is 9.63. The van der Waals surface area contributed by atoms with Crippen molar-refractivity contribution in [2.45, 2.75) is 6.92 Å². The van der Waals surface area contributed by atoms with Crippen molar-refractivity contribution < 1.29 is 23.7 Å². The fourth-order valence-corrected chi connectivity index (χ4v) is 2.31. The summed E-state index contributed by atoms with van der Waals surface area (Å²) in [5.41, 5.74) is 0. The Morgan fingerprint density at radius 1 is 1.36 bits per heavy atom. The molecule has 0 aromatic carbocycles. The topological polar surface area (TPSA) is 99.7 Å². The molecule has 0 unspecified atom stereocenters. The molecule has 0 aliphatic heterocycles. The van der Waals surface area contributed by atoms with Crippen LogP contribution in [0, 0.1) is 17.0 Å². The van der Waals surface area contributed by atoms with Crippen LogP contribution in [0.15, 0.2) is 34.8 Å². The number of hydrogen-bond acceptors (Lipinski definition) is 7. The summed E-state index contributed by atoms with van der Waals surface area (Å²) >= 11 is 1.33. The van der Waals surface area contributed by atoms with Gasteiger partial charge in [-0.1, -0.05) is 0 Å². The van der Waals surface area contributed by atoms with Gasteiger partial charge in [0, 0.05) is 11.0 Å². The standard InChI is InChI=1S/C14H11NO6S/c1-9-2-5-12(22-9)11(16)8-20-14(17)7-4-10-3-6-13(21-10)15(18)19/h2-7H,8H2,1H3/b7-4+. The smallest absolute Gasteiger partial charge is 0.433 e. The van der Waals surface area contributed by atoms with Crippen molar-refractivity contribution in [3.63, 3.8) is 0 Å². The van der Waals surface area contributed by atoms with E-state index in [0.717, 1.165) is 11.0 Å². The predicted molar refractivity (Wildman–Crippen MR) is 78.7 cm³/mol. The van der Waals surface area contributed by atoms with Gasteiger partial charge in [-0.2, -0.15) is 0 Å². The number of carbonyl (C=O) groups excluding carboxylic acids is 2. The number of aryl methyl sites for hydroxylation is 1. The molecule has 0 aliphatic carbocycles. The molecule has 7 nitrogen and oxygen atoms in total. The van der Waals surface area contributed by atoms with Crippen LogP contribution in [0.25, 0.3) is 6.08 Å². The number of rotatable bonds is 6. The molecule has 0 bridgehead atoms. The molecule has 2 aromatic heterocycles. The second kappa shape index (κ2) is 6.81. The van der Waals surface area contributed by atoms with E-state index in [1.165, 1.54) is 29.5 Å². The minimum absolute atomic E-state index is 0.142. The Morgan fingerprint density at radius 3 is 2.73 bits per heavy atom. The number of nitrogens with zero attached hydrogens (tertiary/aromatic N) is 1. The normalized spacial score (nSPS) is 10.8. The van der Waals surface area contributed by atoms with Crippen molar-refractivity contribution in [1.82, 2.24) is 0 Å². The largest absolute Gasteiger partial charge is 0.454 e. The highest BCUT2D eigenvalue weighted by atomic mass is 32.1. The molecule has 2 heterocycles. The van der Waals surface area contributed by atoms with Crippen LogP contribution >= 0.6 is 11.3 Å². The molecule has 0 fully saturated rings. The van der Waals surface area contributed by atoms with Gasteiger partial charge < -0.3 is 9.15 Å². The fourth-order valence-electron chi connectivity index (χ4n) is 1.52. The highest BCUT2D eigenvalue weighted by Gasteiger charge is 2.12. The molecule has 0 radical (unpaired) electrons. The molecule has 22 heavy (non-hydrogen) atoms. The number of thiophene rings is 1. The second-order valence-electron chi connectivity index (χ2n) is 4.21. The van der Waals surface area contributed by atoms with Crippen LogP contribution in [-0.4, -0.2) is 23.3 Å². The lowest BCUT2D eigenvalue weighted by Gasteiger charge is -1.99. The summed E-state index contributed by atoms with van der Waals surface area (Å²) in [7, 11) is 0. The van der Waals surface area contributed by atoms with E-state index in [1.807, 2.05) is 13.0 Å². The Hall–Kier alpha value is -2.74.